The maximum absolute atomic E-state index is 5.78. The van der Waals surface area contributed by atoms with Crippen molar-refractivity contribution in [1.29, 1.82) is 0 Å². The van der Waals surface area contributed by atoms with Gasteiger partial charge in [-0.1, -0.05) is 41.3 Å². The van der Waals surface area contributed by atoms with Gasteiger partial charge in [0.25, 0.3) is 0 Å². The molecule has 1 fully saturated rings. The largest absolute Gasteiger partial charge is 0.490 e. The predicted octanol–water partition coefficient (Wildman–Crippen LogP) is 4.86. The highest BCUT2D eigenvalue weighted by Crippen LogP contribution is 2.42. The van der Waals surface area contributed by atoms with Crippen molar-refractivity contribution in [2.75, 3.05) is 13.2 Å². The third kappa shape index (κ3) is 3.07. The van der Waals surface area contributed by atoms with Crippen LogP contribution in [0.5, 0.6) is 11.5 Å². The highest BCUT2D eigenvalue weighted by molar-refractivity contribution is 9.09. The van der Waals surface area contributed by atoms with Crippen LogP contribution in [0.2, 0.25) is 0 Å². The molecule has 1 atom stereocenters. The molecule has 104 valence electrons. The van der Waals surface area contributed by atoms with Crippen molar-refractivity contribution in [1.82, 2.24) is 0 Å². The van der Waals surface area contributed by atoms with Gasteiger partial charge in [0.1, 0.15) is 0 Å². The van der Waals surface area contributed by atoms with Crippen LogP contribution in [0.1, 0.15) is 48.9 Å². The summed E-state index contributed by atoms with van der Waals surface area (Å²) in [6, 6.07) is 6.41. The Labute approximate surface area is 123 Å². The molecule has 1 aliphatic heterocycles. The number of ether oxygens (including phenoxy) is 2. The molecule has 0 bridgehead atoms. The zero-order valence-electron chi connectivity index (χ0n) is 11.2. The first-order chi connectivity index (χ1) is 9.34. The molecule has 1 heterocycles. The number of benzene rings is 1. The third-order valence-electron chi connectivity index (χ3n) is 4.15. The molecule has 1 aromatic carbocycles. The van der Waals surface area contributed by atoms with Crippen LogP contribution in [0, 0.1) is 5.92 Å². The van der Waals surface area contributed by atoms with E-state index in [0.29, 0.717) is 4.83 Å². The van der Waals surface area contributed by atoms with Crippen molar-refractivity contribution >= 4 is 15.9 Å². The number of fused-ring (bicyclic) bond motifs is 1. The van der Waals surface area contributed by atoms with Crippen molar-refractivity contribution in [3.63, 3.8) is 0 Å². The Morgan fingerprint density at radius 1 is 0.947 bits per heavy atom. The third-order valence-corrected chi connectivity index (χ3v) is 5.43. The Kier molecular flexibility index (Phi) is 4.31. The van der Waals surface area contributed by atoms with E-state index in [4.69, 9.17) is 9.47 Å². The van der Waals surface area contributed by atoms with Crippen LogP contribution in [0.25, 0.3) is 0 Å². The molecule has 0 N–H and O–H groups in total. The van der Waals surface area contributed by atoms with Crippen LogP contribution in [-0.2, 0) is 0 Å². The molecule has 1 unspecified atom stereocenters. The fraction of sp³-hybridized carbons (Fsp3) is 0.625. The summed E-state index contributed by atoms with van der Waals surface area (Å²) >= 11 is 3.90. The summed E-state index contributed by atoms with van der Waals surface area (Å²) in [5.74, 6) is 2.57. The van der Waals surface area contributed by atoms with Crippen molar-refractivity contribution in [2.24, 2.45) is 5.92 Å². The first kappa shape index (κ1) is 13.3. The number of halogens is 1. The minimum Gasteiger partial charge on any atom is -0.490 e. The van der Waals surface area contributed by atoms with Crippen LogP contribution in [0.3, 0.4) is 0 Å². The first-order valence-corrected chi connectivity index (χ1v) is 8.30. The predicted molar refractivity (Wildman–Crippen MR) is 80.3 cm³/mol. The molecule has 1 saturated carbocycles. The lowest BCUT2D eigenvalue weighted by Crippen LogP contribution is -2.12. The van der Waals surface area contributed by atoms with E-state index in [1.54, 1.807) is 0 Å². The molecule has 0 saturated heterocycles. The average molecular weight is 325 g/mol. The van der Waals surface area contributed by atoms with E-state index < -0.39 is 0 Å². The van der Waals surface area contributed by atoms with Crippen LogP contribution >= 0.6 is 15.9 Å². The average Bonchev–Trinajstić information content (AvgIpc) is 2.72. The smallest absolute Gasteiger partial charge is 0.161 e. The highest BCUT2D eigenvalue weighted by Gasteiger charge is 2.24. The monoisotopic (exact) mass is 324 g/mol. The summed E-state index contributed by atoms with van der Waals surface area (Å²) in [7, 11) is 0. The quantitative estimate of drug-likeness (QED) is 0.723. The number of alkyl halides is 1. The molecule has 2 nitrogen and oxygen atoms in total. The summed E-state index contributed by atoms with van der Waals surface area (Å²) in [6.07, 6.45) is 7.78. The Morgan fingerprint density at radius 2 is 1.68 bits per heavy atom. The Bertz CT molecular complexity index is 427. The van der Waals surface area contributed by atoms with Crippen LogP contribution in [0.15, 0.2) is 18.2 Å². The van der Waals surface area contributed by atoms with Gasteiger partial charge in [0.2, 0.25) is 0 Å². The number of hydrogen-bond donors (Lipinski definition) is 0. The number of rotatable bonds is 2. The fourth-order valence-electron chi connectivity index (χ4n) is 3.05. The van der Waals surface area contributed by atoms with E-state index in [2.05, 4.69) is 34.1 Å². The zero-order chi connectivity index (χ0) is 13.1. The van der Waals surface area contributed by atoms with E-state index >= 15 is 0 Å². The number of hydrogen-bond acceptors (Lipinski definition) is 2. The van der Waals surface area contributed by atoms with Gasteiger partial charge in [-0.25, -0.2) is 0 Å². The molecular weight excluding hydrogens is 304 g/mol. The summed E-state index contributed by atoms with van der Waals surface area (Å²) < 4.78 is 11.5. The van der Waals surface area contributed by atoms with E-state index in [0.717, 1.165) is 37.1 Å². The minimum atomic E-state index is 0.449. The molecule has 3 rings (SSSR count). The second-order valence-electron chi connectivity index (χ2n) is 5.56. The van der Waals surface area contributed by atoms with E-state index in [-0.39, 0.29) is 0 Å². The van der Waals surface area contributed by atoms with Crippen LogP contribution < -0.4 is 9.47 Å². The summed E-state index contributed by atoms with van der Waals surface area (Å²) in [6.45, 7) is 1.51. The minimum absolute atomic E-state index is 0.449. The van der Waals surface area contributed by atoms with Gasteiger partial charge >= 0.3 is 0 Å². The Hall–Kier alpha value is -0.700. The molecule has 0 spiro atoms. The van der Waals surface area contributed by atoms with Crippen LogP contribution in [-0.4, -0.2) is 13.2 Å². The Morgan fingerprint density at radius 3 is 2.47 bits per heavy atom. The van der Waals surface area contributed by atoms with Gasteiger partial charge in [0, 0.05) is 11.2 Å². The van der Waals surface area contributed by atoms with Crippen molar-refractivity contribution < 1.29 is 9.47 Å². The molecule has 0 radical (unpaired) electrons. The highest BCUT2D eigenvalue weighted by atomic mass is 79.9. The molecule has 3 heteroatoms. The molecule has 0 aromatic heterocycles. The molecule has 2 aliphatic rings. The lowest BCUT2D eigenvalue weighted by atomic mass is 9.85. The lowest BCUT2D eigenvalue weighted by Gasteiger charge is -2.27. The Balaban J connectivity index is 1.78. The van der Waals surface area contributed by atoms with Gasteiger partial charge in [-0.05, 0) is 36.5 Å². The van der Waals surface area contributed by atoms with Crippen molar-refractivity contribution in [3.8, 4) is 11.5 Å². The molecule has 1 aromatic rings. The maximum atomic E-state index is 5.78. The SMILES string of the molecule is BrC(c1ccc2c(c1)OCCCO2)C1CCCCC1. The second kappa shape index (κ2) is 6.17. The van der Waals surface area contributed by atoms with Gasteiger partial charge in [-0.2, -0.15) is 0 Å². The second-order valence-corrected chi connectivity index (χ2v) is 6.54. The fourth-order valence-corrected chi connectivity index (χ4v) is 3.86. The van der Waals surface area contributed by atoms with Crippen molar-refractivity contribution in [3.05, 3.63) is 23.8 Å². The van der Waals surface area contributed by atoms with Gasteiger partial charge in [0.05, 0.1) is 13.2 Å². The molecular formula is C16H21BrO2. The van der Waals surface area contributed by atoms with E-state index in [1.165, 1.54) is 37.7 Å². The summed E-state index contributed by atoms with van der Waals surface area (Å²) in [5.41, 5.74) is 1.33. The topological polar surface area (TPSA) is 18.5 Å². The van der Waals surface area contributed by atoms with E-state index in [9.17, 15) is 0 Å². The molecule has 0 amide bonds. The lowest BCUT2D eigenvalue weighted by molar-refractivity contribution is 0.297. The summed E-state index contributed by atoms with van der Waals surface area (Å²) in [4.78, 5) is 0.449. The van der Waals surface area contributed by atoms with Gasteiger partial charge < -0.3 is 9.47 Å². The summed E-state index contributed by atoms with van der Waals surface area (Å²) in [5, 5.41) is 0. The van der Waals surface area contributed by atoms with Gasteiger partial charge in [-0.3, -0.25) is 0 Å². The van der Waals surface area contributed by atoms with Gasteiger partial charge in [-0.15, -0.1) is 0 Å². The first-order valence-electron chi connectivity index (χ1n) is 7.38. The normalized spacial score (nSPS) is 21.7. The van der Waals surface area contributed by atoms with Crippen molar-refractivity contribution in [2.45, 2.75) is 43.4 Å². The molecule has 19 heavy (non-hydrogen) atoms. The molecule has 1 aliphatic carbocycles. The van der Waals surface area contributed by atoms with Crippen LogP contribution in [0.4, 0.5) is 0 Å². The zero-order valence-corrected chi connectivity index (χ0v) is 12.8. The maximum Gasteiger partial charge on any atom is 0.161 e. The van der Waals surface area contributed by atoms with E-state index in [1.807, 2.05) is 0 Å². The van der Waals surface area contributed by atoms with Gasteiger partial charge in [0.15, 0.2) is 11.5 Å². The standard InChI is InChI=1S/C16H21BrO2/c17-16(12-5-2-1-3-6-12)13-7-8-14-15(11-13)19-10-4-9-18-14/h7-8,11-12,16H,1-6,9-10H2.